The number of aromatic hydroxyl groups is 1. The Morgan fingerprint density at radius 1 is 1.42 bits per heavy atom. The van der Waals surface area contributed by atoms with E-state index in [1.807, 2.05) is 19.1 Å². The Kier molecular flexibility index (Phi) is 6.72. The second-order valence-corrected chi connectivity index (χ2v) is 4.52. The summed E-state index contributed by atoms with van der Waals surface area (Å²) in [5, 5.41) is 9.64. The number of phenols is 1. The van der Waals surface area contributed by atoms with Crippen molar-refractivity contribution in [2.24, 2.45) is 0 Å². The third kappa shape index (κ3) is 5.60. The summed E-state index contributed by atoms with van der Waals surface area (Å²) >= 11 is 0. The molecular formula is C16H22O3. The van der Waals surface area contributed by atoms with Crippen LogP contribution in [0.1, 0.15) is 38.2 Å². The average molecular weight is 262 g/mol. The molecule has 3 nitrogen and oxygen atoms in total. The number of carbonyl (C=O) groups is 1. The van der Waals surface area contributed by atoms with Gasteiger partial charge in [-0.15, -0.1) is 0 Å². The van der Waals surface area contributed by atoms with E-state index in [0.717, 1.165) is 31.2 Å². The van der Waals surface area contributed by atoms with Crippen LogP contribution in [-0.4, -0.2) is 18.0 Å². The maximum absolute atomic E-state index is 11.3. The van der Waals surface area contributed by atoms with Gasteiger partial charge in [0, 0.05) is 6.42 Å². The molecule has 104 valence electrons. The Labute approximate surface area is 114 Å². The number of ether oxygens (including phenoxy) is 1. The van der Waals surface area contributed by atoms with Crippen molar-refractivity contribution in [1.29, 1.82) is 0 Å². The molecule has 3 heteroatoms. The smallest absolute Gasteiger partial charge is 0.160 e. The zero-order chi connectivity index (χ0) is 14.1. The number of ketones is 1. The molecule has 1 aromatic carbocycles. The molecule has 0 unspecified atom stereocenters. The number of aryl methyl sites for hydroxylation is 1. The third-order valence-corrected chi connectivity index (χ3v) is 2.88. The quantitative estimate of drug-likeness (QED) is 0.574. The van der Waals surface area contributed by atoms with Crippen molar-refractivity contribution in [2.75, 3.05) is 7.11 Å². The number of hydrogen-bond donors (Lipinski definition) is 1. The highest BCUT2D eigenvalue weighted by atomic mass is 16.5. The van der Waals surface area contributed by atoms with Crippen LogP contribution in [0.2, 0.25) is 0 Å². The zero-order valence-corrected chi connectivity index (χ0v) is 11.7. The van der Waals surface area contributed by atoms with Crippen molar-refractivity contribution in [1.82, 2.24) is 0 Å². The van der Waals surface area contributed by atoms with Crippen molar-refractivity contribution in [3.8, 4) is 11.5 Å². The molecule has 1 aromatic rings. The number of methoxy groups -OCH3 is 1. The van der Waals surface area contributed by atoms with Crippen LogP contribution in [0.3, 0.4) is 0 Å². The van der Waals surface area contributed by atoms with Crippen LogP contribution in [0.5, 0.6) is 11.5 Å². The van der Waals surface area contributed by atoms with E-state index < -0.39 is 0 Å². The number of phenolic OH excluding ortho intramolecular Hbond substituents is 1. The van der Waals surface area contributed by atoms with Crippen LogP contribution in [0, 0.1) is 0 Å². The SMILES string of the molecule is CCCC(=O)C=CCCCc1ccc(OC)c(O)c1. The van der Waals surface area contributed by atoms with Crippen LogP contribution < -0.4 is 4.74 Å². The van der Waals surface area contributed by atoms with E-state index in [9.17, 15) is 9.90 Å². The van der Waals surface area contributed by atoms with Gasteiger partial charge in [0.1, 0.15) is 0 Å². The highest BCUT2D eigenvalue weighted by Gasteiger charge is 2.01. The maximum atomic E-state index is 11.3. The first-order valence-corrected chi connectivity index (χ1v) is 6.72. The van der Waals surface area contributed by atoms with Gasteiger partial charge < -0.3 is 9.84 Å². The van der Waals surface area contributed by atoms with Gasteiger partial charge in [0.05, 0.1) is 7.11 Å². The number of benzene rings is 1. The van der Waals surface area contributed by atoms with E-state index in [-0.39, 0.29) is 11.5 Å². The molecule has 0 bridgehead atoms. The van der Waals surface area contributed by atoms with Crippen LogP contribution >= 0.6 is 0 Å². The summed E-state index contributed by atoms with van der Waals surface area (Å²) in [5.74, 6) is 0.868. The molecule has 1 N–H and O–H groups in total. The predicted octanol–water partition coefficient (Wildman–Crippen LogP) is 3.65. The van der Waals surface area contributed by atoms with Gasteiger partial charge in [0.15, 0.2) is 17.3 Å². The molecule has 0 aliphatic rings. The summed E-state index contributed by atoms with van der Waals surface area (Å²) < 4.78 is 4.99. The Morgan fingerprint density at radius 3 is 2.84 bits per heavy atom. The Hall–Kier alpha value is -1.77. The average Bonchev–Trinajstić information content (AvgIpc) is 2.39. The fraction of sp³-hybridized carbons (Fsp3) is 0.438. The van der Waals surface area contributed by atoms with Crippen LogP contribution in [-0.2, 0) is 11.2 Å². The van der Waals surface area contributed by atoms with Gasteiger partial charge in [-0.1, -0.05) is 19.1 Å². The van der Waals surface area contributed by atoms with Gasteiger partial charge in [-0.2, -0.15) is 0 Å². The van der Waals surface area contributed by atoms with E-state index in [1.165, 1.54) is 7.11 Å². The van der Waals surface area contributed by atoms with Gasteiger partial charge >= 0.3 is 0 Å². The molecule has 0 aliphatic carbocycles. The normalized spacial score (nSPS) is 10.8. The number of hydrogen-bond acceptors (Lipinski definition) is 3. The Balaban J connectivity index is 2.33. The van der Waals surface area contributed by atoms with Crippen molar-refractivity contribution >= 4 is 5.78 Å². The highest BCUT2D eigenvalue weighted by Crippen LogP contribution is 2.26. The van der Waals surface area contributed by atoms with Gasteiger partial charge in [0.2, 0.25) is 0 Å². The molecule has 19 heavy (non-hydrogen) atoms. The number of unbranched alkanes of at least 4 members (excludes halogenated alkanes) is 1. The predicted molar refractivity (Wildman–Crippen MR) is 76.7 cm³/mol. The topological polar surface area (TPSA) is 46.5 Å². The fourth-order valence-electron chi connectivity index (χ4n) is 1.86. The summed E-state index contributed by atoms with van der Waals surface area (Å²) in [7, 11) is 1.53. The van der Waals surface area contributed by atoms with Gasteiger partial charge in [0.25, 0.3) is 0 Å². The van der Waals surface area contributed by atoms with Crippen molar-refractivity contribution in [3.05, 3.63) is 35.9 Å². The van der Waals surface area contributed by atoms with Gasteiger partial charge in [-0.25, -0.2) is 0 Å². The minimum Gasteiger partial charge on any atom is -0.504 e. The zero-order valence-electron chi connectivity index (χ0n) is 11.7. The number of carbonyl (C=O) groups excluding carboxylic acids is 1. The van der Waals surface area contributed by atoms with Crippen LogP contribution in [0.25, 0.3) is 0 Å². The van der Waals surface area contributed by atoms with Crippen LogP contribution in [0.4, 0.5) is 0 Å². The molecule has 0 atom stereocenters. The molecule has 0 radical (unpaired) electrons. The molecule has 0 fully saturated rings. The minimum atomic E-state index is 0.175. The summed E-state index contributed by atoms with van der Waals surface area (Å²) in [4.78, 5) is 11.3. The summed E-state index contributed by atoms with van der Waals surface area (Å²) in [5.41, 5.74) is 1.08. The standard InChI is InChI=1S/C16H22O3/c1-3-7-14(17)9-6-4-5-8-13-10-11-16(19-2)15(18)12-13/h6,9-12,18H,3-5,7-8H2,1-2H3. The summed E-state index contributed by atoms with van der Waals surface area (Å²) in [6.07, 6.45) is 7.85. The first-order chi connectivity index (χ1) is 9.17. The Morgan fingerprint density at radius 2 is 2.21 bits per heavy atom. The largest absolute Gasteiger partial charge is 0.504 e. The monoisotopic (exact) mass is 262 g/mol. The molecular weight excluding hydrogens is 240 g/mol. The van der Waals surface area contributed by atoms with Gasteiger partial charge in [-0.05, 0) is 49.5 Å². The molecule has 0 heterocycles. The van der Waals surface area contributed by atoms with Crippen molar-refractivity contribution in [3.63, 3.8) is 0 Å². The first-order valence-electron chi connectivity index (χ1n) is 6.72. The Bertz CT molecular complexity index is 436. The van der Waals surface area contributed by atoms with E-state index in [4.69, 9.17) is 4.74 Å². The molecule has 1 rings (SSSR count). The summed E-state index contributed by atoms with van der Waals surface area (Å²) in [6.45, 7) is 2.00. The molecule has 0 saturated heterocycles. The molecule has 0 aliphatic heterocycles. The first kappa shape index (κ1) is 15.3. The van der Waals surface area contributed by atoms with E-state index in [2.05, 4.69) is 0 Å². The van der Waals surface area contributed by atoms with Crippen molar-refractivity contribution < 1.29 is 14.6 Å². The molecule has 0 spiro atoms. The van der Waals surface area contributed by atoms with Crippen LogP contribution in [0.15, 0.2) is 30.4 Å². The second kappa shape index (κ2) is 8.35. The fourth-order valence-corrected chi connectivity index (χ4v) is 1.86. The number of allylic oxidation sites excluding steroid dienone is 2. The summed E-state index contributed by atoms with van der Waals surface area (Å²) in [6, 6.07) is 5.45. The lowest BCUT2D eigenvalue weighted by molar-refractivity contribution is -0.114. The molecule has 0 saturated carbocycles. The lowest BCUT2D eigenvalue weighted by Crippen LogP contribution is -1.90. The number of rotatable bonds is 8. The van der Waals surface area contributed by atoms with E-state index >= 15 is 0 Å². The second-order valence-electron chi connectivity index (χ2n) is 4.52. The highest BCUT2D eigenvalue weighted by molar-refractivity contribution is 5.89. The van der Waals surface area contributed by atoms with Gasteiger partial charge in [-0.3, -0.25) is 4.79 Å². The third-order valence-electron chi connectivity index (χ3n) is 2.88. The van der Waals surface area contributed by atoms with Crippen molar-refractivity contribution in [2.45, 2.75) is 39.0 Å². The minimum absolute atomic E-state index is 0.175. The lowest BCUT2D eigenvalue weighted by atomic mass is 10.1. The van der Waals surface area contributed by atoms with E-state index in [0.29, 0.717) is 12.2 Å². The molecule has 0 amide bonds. The maximum Gasteiger partial charge on any atom is 0.160 e. The lowest BCUT2D eigenvalue weighted by Gasteiger charge is -2.05. The molecule has 0 aromatic heterocycles. The van der Waals surface area contributed by atoms with E-state index in [1.54, 1.807) is 18.2 Å².